The lowest BCUT2D eigenvalue weighted by molar-refractivity contribution is 0.0947. The number of amides is 1. The van der Waals surface area contributed by atoms with E-state index in [-0.39, 0.29) is 5.91 Å². The number of hydrogen-bond acceptors (Lipinski definition) is 4. The van der Waals surface area contributed by atoms with E-state index in [1.807, 2.05) is 22.7 Å². The Morgan fingerprint density at radius 3 is 3.10 bits per heavy atom. The second-order valence-electron chi connectivity index (χ2n) is 4.99. The van der Waals surface area contributed by atoms with Crippen LogP contribution in [0.15, 0.2) is 30.9 Å². The van der Waals surface area contributed by atoms with Gasteiger partial charge in [0.15, 0.2) is 0 Å². The zero-order chi connectivity index (χ0) is 13.8. The molecule has 1 saturated heterocycles. The number of nitrogens with one attached hydrogen (secondary N) is 2. The Morgan fingerprint density at radius 2 is 2.25 bits per heavy atom. The van der Waals surface area contributed by atoms with E-state index in [1.165, 1.54) is 0 Å². The highest BCUT2D eigenvalue weighted by atomic mass is 16.1. The van der Waals surface area contributed by atoms with Crippen LogP contribution in [0.1, 0.15) is 10.4 Å². The molecule has 0 atom stereocenters. The van der Waals surface area contributed by atoms with Crippen LogP contribution in [-0.2, 0) is 0 Å². The van der Waals surface area contributed by atoms with Crippen LogP contribution in [0.2, 0.25) is 0 Å². The van der Waals surface area contributed by atoms with E-state index in [0.29, 0.717) is 12.1 Å². The molecule has 106 valence electrons. The first-order chi connectivity index (χ1) is 9.83. The van der Waals surface area contributed by atoms with Crippen molar-refractivity contribution in [1.82, 2.24) is 24.9 Å². The molecule has 0 spiro atoms. The van der Waals surface area contributed by atoms with E-state index in [4.69, 9.17) is 0 Å². The minimum absolute atomic E-state index is 0.0242. The zero-order valence-electron chi connectivity index (χ0n) is 11.4. The lowest BCUT2D eigenvalue weighted by Gasteiger charge is -2.27. The highest BCUT2D eigenvalue weighted by molar-refractivity contribution is 5.95. The largest absolute Gasteiger partial charge is 0.351 e. The van der Waals surface area contributed by atoms with Gasteiger partial charge in [-0.1, -0.05) is 0 Å². The van der Waals surface area contributed by atoms with E-state index in [9.17, 15) is 4.79 Å². The molecule has 1 amide bonds. The summed E-state index contributed by atoms with van der Waals surface area (Å²) in [4.78, 5) is 18.5. The predicted molar refractivity (Wildman–Crippen MR) is 76.8 cm³/mol. The van der Waals surface area contributed by atoms with E-state index in [0.717, 1.165) is 38.2 Å². The number of nitrogens with zero attached hydrogens (tertiary/aromatic N) is 3. The van der Waals surface area contributed by atoms with Crippen molar-refractivity contribution in [2.24, 2.45) is 0 Å². The van der Waals surface area contributed by atoms with Gasteiger partial charge in [-0.3, -0.25) is 9.69 Å². The maximum absolute atomic E-state index is 12.1. The summed E-state index contributed by atoms with van der Waals surface area (Å²) in [6, 6.07) is 3.67. The van der Waals surface area contributed by atoms with E-state index < -0.39 is 0 Å². The van der Waals surface area contributed by atoms with Crippen LogP contribution in [0.4, 0.5) is 0 Å². The van der Waals surface area contributed by atoms with Gasteiger partial charge in [0.25, 0.3) is 5.91 Å². The molecule has 6 heteroatoms. The van der Waals surface area contributed by atoms with Crippen molar-refractivity contribution in [1.29, 1.82) is 0 Å². The van der Waals surface area contributed by atoms with Gasteiger partial charge in [-0.2, -0.15) is 0 Å². The third kappa shape index (κ3) is 2.97. The summed E-state index contributed by atoms with van der Waals surface area (Å²) in [6.07, 6.45) is 5.33. The standard InChI is InChI=1S/C14H19N5O/c20-14(17-4-8-18-6-2-15-3-7-18)12-1-5-19-11-16-10-13(19)9-12/h1,5,9-11,15H,2-4,6-8H2,(H,17,20). The molecular formula is C14H19N5O. The summed E-state index contributed by atoms with van der Waals surface area (Å²) < 4.78 is 1.89. The molecule has 0 saturated carbocycles. The fourth-order valence-corrected chi connectivity index (χ4v) is 2.42. The Bertz CT molecular complexity index is 588. The molecule has 1 fully saturated rings. The van der Waals surface area contributed by atoms with E-state index in [2.05, 4.69) is 20.5 Å². The summed E-state index contributed by atoms with van der Waals surface area (Å²) in [5, 5.41) is 6.29. The lowest BCUT2D eigenvalue weighted by atomic mass is 10.2. The van der Waals surface area contributed by atoms with Gasteiger partial charge in [0.05, 0.1) is 18.0 Å². The van der Waals surface area contributed by atoms with Crippen LogP contribution < -0.4 is 10.6 Å². The Kier molecular flexibility index (Phi) is 3.94. The number of pyridine rings is 1. The number of piperazine rings is 1. The molecule has 1 aliphatic heterocycles. The van der Waals surface area contributed by atoms with Crippen molar-refractivity contribution in [3.05, 3.63) is 36.4 Å². The first kappa shape index (κ1) is 13.1. The average molecular weight is 273 g/mol. The Hall–Kier alpha value is -1.92. The summed E-state index contributed by atoms with van der Waals surface area (Å²) >= 11 is 0. The SMILES string of the molecule is O=C(NCCN1CCNCC1)c1ccn2cncc2c1. The monoisotopic (exact) mass is 273 g/mol. The lowest BCUT2D eigenvalue weighted by Crippen LogP contribution is -2.46. The van der Waals surface area contributed by atoms with Crippen LogP contribution in [0.3, 0.4) is 0 Å². The molecule has 0 radical (unpaired) electrons. The van der Waals surface area contributed by atoms with Crippen LogP contribution in [0, 0.1) is 0 Å². The molecule has 6 nitrogen and oxygen atoms in total. The third-order valence-corrected chi connectivity index (χ3v) is 3.60. The molecule has 3 rings (SSSR count). The smallest absolute Gasteiger partial charge is 0.251 e. The number of imidazole rings is 1. The number of fused-ring (bicyclic) bond motifs is 1. The van der Waals surface area contributed by atoms with Gasteiger partial charge in [-0.05, 0) is 12.1 Å². The summed E-state index contributed by atoms with van der Waals surface area (Å²) in [5.74, 6) is -0.0242. The van der Waals surface area contributed by atoms with E-state index >= 15 is 0 Å². The Morgan fingerprint density at radius 1 is 1.40 bits per heavy atom. The second-order valence-corrected chi connectivity index (χ2v) is 4.99. The number of carbonyl (C=O) groups is 1. The molecule has 0 unspecified atom stereocenters. The van der Waals surface area contributed by atoms with Crippen LogP contribution in [0.5, 0.6) is 0 Å². The van der Waals surface area contributed by atoms with Gasteiger partial charge in [0.1, 0.15) is 0 Å². The molecular weight excluding hydrogens is 254 g/mol. The number of hydrogen-bond donors (Lipinski definition) is 2. The topological polar surface area (TPSA) is 61.7 Å². The molecule has 0 aromatic carbocycles. The summed E-state index contributed by atoms with van der Waals surface area (Å²) in [7, 11) is 0. The number of aromatic nitrogens is 2. The van der Waals surface area contributed by atoms with Gasteiger partial charge in [0.2, 0.25) is 0 Å². The second kappa shape index (κ2) is 6.02. The zero-order valence-corrected chi connectivity index (χ0v) is 11.4. The molecule has 20 heavy (non-hydrogen) atoms. The first-order valence-corrected chi connectivity index (χ1v) is 6.96. The maximum Gasteiger partial charge on any atom is 0.251 e. The normalized spacial score (nSPS) is 16.4. The highest BCUT2D eigenvalue weighted by Gasteiger charge is 2.10. The molecule has 0 aliphatic carbocycles. The van der Waals surface area contributed by atoms with Crippen molar-refractivity contribution in [2.45, 2.75) is 0 Å². The fraction of sp³-hybridized carbons (Fsp3) is 0.429. The molecule has 0 bridgehead atoms. The quantitative estimate of drug-likeness (QED) is 0.821. The molecule has 3 heterocycles. The molecule has 2 N–H and O–H groups in total. The average Bonchev–Trinajstić information content (AvgIpc) is 2.95. The van der Waals surface area contributed by atoms with Crippen molar-refractivity contribution in [2.75, 3.05) is 39.3 Å². The predicted octanol–water partition coefficient (Wildman–Crippen LogP) is -0.0307. The van der Waals surface area contributed by atoms with Crippen molar-refractivity contribution in [3.8, 4) is 0 Å². The van der Waals surface area contributed by atoms with Crippen LogP contribution >= 0.6 is 0 Å². The summed E-state index contributed by atoms with van der Waals surface area (Å²) in [6.45, 7) is 5.76. The van der Waals surface area contributed by atoms with Gasteiger partial charge < -0.3 is 15.0 Å². The summed E-state index contributed by atoms with van der Waals surface area (Å²) in [5.41, 5.74) is 1.61. The van der Waals surface area contributed by atoms with Gasteiger partial charge in [-0.25, -0.2) is 4.98 Å². The van der Waals surface area contributed by atoms with Crippen molar-refractivity contribution in [3.63, 3.8) is 0 Å². The Balaban J connectivity index is 1.53. The molecule has 2 aromatic heterocycles. The van der Waals surface area contributed by atoms with Gasteiger partial charge in [-0.15, -0.1) is 0 Å². The van der Waals surface area contributed by atoms with Gasteiger partial charge in [0, 0.05) is 51.0 Å². The van der Waals surface area contributed by atoms with E-state index in [1.54, 1.807) is 12.5 Å². The van der Waals surface area contributed by atoms with Crippen molar-refractivity contribution < 1.29 is 4.79 Å². The highest BCUT2D eigenvalue weighted by Crippen LogP contribution is 2.06. The minimum atomic E-state index is -0.0242. The Labute approximate surface area is 117 Å². The first-order valence-electron chi connectivity index (χ1n) is 6.96. The van der Waals surface area contributed by atoms with Crippen LogP contribution in [0.25, 0.3) is 5.52 Å². The minimum Gasteiger partial charge on any atom is -0.351 e. The molecule has 1 aliphatic rings. The number of rotatable bonds is 4. The number of carbonyl (C=O) groups excluding carboxylic acids is 1. The fourth-order valence-electron chi connectivity index (χ4n) is 2.42. The third-order valence-electron chi connectivity index (χ3n) is 3.60. The maximum atomic E-state index is 12.1. The van der Waals surface area contributed by atoms with Gasteiger partial charge >= 0.3 is 0 Å². The molecule has 2 aromatic rings. The van der Waals surface area contributed by atoms with Crippen LogP contribution in [-0.4, -0.2) is 59.5 Å². The van der Waals surface area contributed by atoms with Crippen molar-refractivity contribution >= 4 is 11.4 Å².